The van der Waals surface area contributed by atoms with E-state index in [-0.39, 0.29) is 12.2 Å². The molecule has 2 aliphatic heterocycles. The highest BCUT2D eigenvalue weighted by molar-refractivity contribution is 6.16. The Labute approximate surface area is 121 Å². The van der Waals surface area contributed by atoms with Crippen LogP contribution in [0.5, 0.6) is 0 Å². The van der Waals surface area contributed by atoms with Crippen LogP contribution >= 0.6 is 0 Å². The Morgan fingerprint density at radius 1 is 1.19 bits per heavy atom. The fraction of sp³-hybridized carbons (Fsp3) is 0.357. The standard InChI is InChI=1S/C14H15NO6/c1-4-19-13(18)15-7-5-9(6-8-15)10-11(16)20-14(2,3)21-12(10)17/h5-8H,4H2,1-3H3. The van der Waals surface area contributed by atoms with E-state index in [9.17, 15) is 14.4 Å². The summed E-state index contributed by atoms with van der Waals surface area (Å²) < 4.78 is 14.8. The van der Waals surface area contributed by atoms with Crippen molar-refractivity contribution in [2.75, 3.05) is 6.61 Å². The molecule has 0 N–H and O–H groups in total. The van der Waals surface area contributed by atoms with Gasteiger partial charge in [0.1, 0.15) is 0 Å². The molecule has 0 bridgehead atoms. The molecule has 1 amide bonds. The molecule has 0 aromatic rings. The van der Waals surface area contributed by atoms with Crippen molar-refractivity contribution in [3.05, 3.63) is 35.7 Å². The summed E-state index contributed by atoms with van der Waals surface area (Å²) in [5.74, 6) is -2.80. The monoisotopic (exact) mass is 293 g/mol. The van der Waals surface area contributed by atoms with Gasteiger partial charge in [-0.25, -0.2) is 14.4 Å². The third kappa shape index (κ3) is 3.13. The molecule has 112 valence electrons. The van der Waals surface area contributed by atoms with E-state index < -0.39 is 23.8 Å². The number of nitrogens with zero attached hydrogens (tertiary/aromatic N) is 1. The molecular formula is C14H15NO6. The van der Waals surface area contributed by atoms with Crippen LogP contribution in [0.15, 0.2) is 35.7 Å². The van der Waals surface area contributed by atoms with Gasteiger partial charge in [0.05, 0.1) is 6.61 Å². The first-order valence-corrected chi connectivity index (χ1v) is 6.36. The van der Waals surface area contributed by atoms with Crippen LogP contribution in [0.2, 0.25) is 0 Å². The van der Waals surface area contributed by atoms with Crippen molar-refractivity contribution >= 4 is 18.0 Å². The molecule has 0 atom stereocenters. The highest BCUT2D eigenvalue weighted by Gasteiger charge is 2.40. The first-order valence-electron chi connectivity index (χ1n) is 6.36. The molecule has 0 spiro atoms. The lowest BCUT2D eigenvalue weighted by Crippen LogP contribution is -2.42. The summed E-state index contributed by atoms with van der Waals surface area (Å²) in [5.41, 5.74) is 0.103. The summed E-state index contributed by atoms with van der Waals surface area (Å²) in [6.45, 7) is 4.88. The molecule has 0 aliphatic carbocycles. The van der Waals surface area contributed by atoms with Gasteiger partial charge in [0.15, 0.2) is 5.57 Å². The number of hydrogen-bond acceptors (Lipinski definition) is 6. The van der Waals surface area contributed by atoms with Gasteiger partial charge in [0.25, 0.3) is 5.79 Å². The molecule has 0 radical (unpaired) electrons. The second-order valence-corrected chi connectivity index (χ2v) is 4.75. The zero-order valence-corrected chi connectivity index (χ0v) is 11.9. The molecule has 2 heterocycles. The minimum absolute atomic E-state index is 0.203. The van der Waals surface area contributed by atoms with Crippen LogP contribution < -0.4 is 0 Å². The topological polar surface area (TPSA) is 82.1 Å². The SMILES string of the molecule is CCOC(=O)N1C=CC(=C2C(=O)OC(C)(C)OC2=O)C=C1. The fourth-order valence-corrected chi connectivity index (χ4v) is 1.80. The smallest absolute Gasteiger partial charge is 0.417 e. The molecule has 7 nitrogen and oxygen atoms in total. The van der Waals surface area contributed by atoms with Gasteiger partial charge in [-0.1, -0.05) is 0 Å². The Bertz CT molecular complexity index is 546. The molecule has 2 rings (SSSR count). The number of cyclic esters (lactones) is 2. The van der Waals surface area contributed by atoms with Gasteiger partial charge in [0.2, 0.25) is 0 Å². The first-order chi connectivity index (χ1) is 9.84. The molecule has 0 saturated carbocycles. The minimum Gasteiger partial charge on any atom is -0.449 e. The van der Waals surface area contributed by atoms with E-state index in [0.29, 0.717) is 5.57 Å². The molecule has 1 fully saturated rings. The third-order valence-electron chi connectivity index (χ3n) is 2.68. The van der Waals surface area contributed by atoms with Crippen LogP contribution in [-0.2, 0) is 23.8 Å². The molecule has 0 aromatic heterocycles. The lowest BCUT2D eigenvalue weighted by atomic mass is 10.1. The van der Waals surface area contributed by atoms with E-state index >= 15 is 0 Å². The van der Waals surface area contributed by atoms with E-state index in [4.69, 9.17) is 14.2 Å². The molecule has 2 aliphatic rings. The summed E-state index contributed by atoms with van der Waals surface area (Å²) in [6.07, 6.45) is 5.10. The largest absolute Gasteiger partial charge is 0.449 e. The number of carbonyl (C=O) groups excluding carboxylic acids is 3. The number of allylic oxidation sites excluding steroid dienone is 3. The molecule has 0 aromatic carbocycles. The number of rotatable bonds is 1. The zero-order valence-electron chi connectivity index (χ0n) is 11.9. The van der Waals surface area contributed by atoms with Crippen LogP contribution in [0.25, 0.3) is 0 Å². The van der Waals surface area contributed by atoms with Crippen LogP contribution in [0.3, 0.4) is 0 Å². The summed E-state index contributed by atoms with van der Waals surface area (Å²) in [5, 5.41) is 0. The second kappa shape index (κ2) is 5.43. The van der Waals surface area contributed by atoms with E-state index in [1.54, 1.807) is 6.92 Å². The van der Waals surface area contributed by atoms with Gasteiger partial charge in [0, 0.05) is 26.2 Å². The van der Waals surface area contributed by atoms with Crippen molar-refractivity contribution in [1.82, 2.24) is 4.90 Å². The van der Waals surface area contributed by atoms with Crippen molar-refractivity contribution in [2.45, 2.75) is 26.6 Å². The molecule has 21 heavy (non-hydrogen) atoms. The number of amides is 1. The number of hydrogen-bond donors (Lipinski definition) is 0. The van der Waals surface area contributed by atoms with E-state index in [0.717, 1.165) is 0 Å². The summed E-state index contributed by atoms with van der Waals surface area (Å²) >= 11 is 0. The average molecular weight is 293 g/mol. The lowest BCUT2D eigenvalue weighted by molar-refractivity contribution is -0.222. The maximum atomic E-state index is 11.9. The normalized spacial score (nSPS) is 20.2. The van der Waals surface area contributed by atoms with Gasteiger partial charge in [-0.3, -0.25) is 4.90 Å². The highest BCUT2D eigenvalue weighted by atomic mass is 16.7. The number of carbonyl (C=O) groups is 3. The molecular weight excluding hydrogens is 278 g/mol. The van der Waals surface area contributed by atoms with Gasteiger partial charge >= 0.3 is 18.0 Å². The summed E-state index contributed by atoms with van der Waals surface area (Å²) in [6, 6.07) is 0. The van der Waals surface area contributed by atoms with Crippen molar-refractivity contribution in [2.24, 2.45) is 0 Å². The molecule has 7 heteroatoms. The minimum atomic E-state index is -1.28. The quantitative estimate of drug-likeness (QED) is 0.415. The highest BCUT2D eigenvalue weighted by Crippen LogP contribution is 2.26. The number of ether oxygens (including phenoxy) is 3. The lowest BCUT2D eigenvalue weighted by Gasteiger charge is -2.30. The average Bonchev–Trinajstić information content (AvgIpc) is 2.37. The van der Waals surface area contributed by atoms with E-state index in [1.807, 2.05) is 0 Å². The van der Waals surface area contributed by atoms with Gasteiger partial charge in [-0.15, -0.1) is 0 Å². The Balaban J connectivity index is 2.22. The van der Waals surface area contributed by atoms with Gasteiger partial charge < -0.3 is 14.2 Å². The predicted octanol–water partition coefficient (Wildman–Crippen LogP) is 1.62. The van der Waals surface area contributed by atoms with Crippen molar-refractivity contribution < 1.29 is 28.6 Å². The van der Waals surface area contributed by atoms with Crippen molar-refractivity contribution in [3.8, 4) is 0 Å². The Morgan fingerprint density at radius 3 is 2.19 bits per heavy atom. The maximum Gasteiger partial charge on any atom is 0.417 e. The summed E-state index contributed by atoms with van der Waals surface area (Å²) in [7, 11) is 0. The number of esters is 2. The zero-order chi connectivity index (χ0) is 15.6. The van der Waals surface area contributed by atoms with Crippen LogP contribution in [0, 0.1) is 0 Å². The second-order valence-electron chi connectivity index (χ2n) is 4.75. The van der Waals surface area contributed by atoms with E-state index in [1.165, 1.54) is 43.3 Å². The van der Waals surface area contributed by atoms with Gasteiger partial charge in [-0.2, -0.15) is 0 Å². The molecule has 0 unspecified atom stereocenters. The first kappa shape index (κ1) is 14.8. The Morgan fingerprint density at radius 2 is 1.71 bits per heavy atom. The van der Waals surface area contributed by atoms with Crippen molar-refractivity contribution in [1.29, 1.82) is 0 Å². The van der Waals surface area contributed by atoms with E-state index in [2.05, 4.69) is 0 Å². The Hall–Kier alpha value is -2.57. The van der Waals surface area contributed by atoms with Gasteiger partial charge in [-0.05, 0) is 24.6 Å². The van der Waals surface area contributed by atoms with Crippen LogP contribution in [0.1, 0.15) is 20.8 Å². The summed E-state index contributed by atoms with van der Waals surface area (Å²) in [4.78, 5) is 36.5. The third-order valence-corrected chi connectivity index (χ3v) is 2.68. The van der Waals surface area contributed by atoms with Crippen LogP contribution in [0.4, 0.5) is 4.79 Å². The molecule has 1 saturated heterocycles. The fourth-order valence-electron chi connectivity index (χ4n) is 1.80. The van der Waals surface area contributed by atoms with Crippen LogP contribution in [-0.4, -0.2) is 35.3 Å². The predicted molar refractivity (Wildman–Crippen MR) is 70.4 cm³/mol. The van der Waals surface area contributed by atoms with Crippen molar-refractivity contribution in [3.63, 3.8) is 0 Å². The maximum absolute atomic E-state index is 11.9. The Kier molecular flexibility index (Phi) is 3.84.